The molecule has 0 saturated heterocycles. The van der Waals surface area contributed by atoms with Gasteiger partial charge in [0.15, 0.2) is 0 Å². The van der Waals surface area contributed by atoms with Gasteiger partial charge in [0.2, 0.25) is 0 Å². The lowest BCUT2D eigenvalue weighted by molar-refractivity contribution is -0.136. The van der Waals surface area contributed by atoms with Gasteiger partial charge in [-0.1, -0.05) is 19.9 Å². The molecule has 0 amide bonds. The van der Waals surface area contributed by atoms with Gasteiger partial charge in [0.1, 0.15) is 0 Å². The van der Waals surface area contributed by atoms with Crippen LogP contribution >= 0.6 is 0 Å². The normalized spacial score (nSPS) is 11.3. The van der Waals surface area contributed by atoms with E-state index in [1.54, 1.807) is 0 Å². The number of allylic oxidation sites excluding steroid dienone is 1. The molecule has 0 bridgehead atoms. The summed E-state index contributed by atoms with van der Waals surface area (Å²) in [5.41, 5.74) is 0.769. The minimum atomic E-state index is -0.204. The Morgan fingerprint density at radius 2 is 2.10 bits per heavy atom. The molecule has 0 rings (SSSR count). The zero-order chi connectivity index (χ0) is 7.98. The van der Waals surface area contributed by atoms with Crippen molar-refractivity contribution in [2.45, 2.75) is 26.7 Å². The van der Waals surface area contributed by atoms with Crippen molar-refractivity contribution in [2.24, 2.45) is 0 Å². The summed E-state index contributed by atoms with van der Waals surface area (Å²) in [5, 5.41) is 0. The van der Waals surface area contributed by atoms with Crippen molar-refractivity contribution in [1.29, 1.82) is 0 Å². The number of methoxy groups -OCH3 is 1. The fourth-order valence-corrected chi connectivity index (χ4v) is 0.750. The highest BCUT2D eigenvalue weighted by atomic mass is 16.5. The first-order valence-electron chi connectivity index (χ1n) is 3.53. The Morgan fingerprint density at radius 3 is 2.40 bits per heavy atom. The Morgan fingerprint density at radius 1 is 1.50 bits per heavy atom. The zero-order valence-electron chi connectivity index (χ0n) is 6.81. The molecule has 0 atom stereocenters. The first-order valence-corrected chi connectivity index (χ1v) is 3.53. The summed E-state index contributed by atoms with van der Waals surface area (Å²) < 4.78 is 4.55. The molecule has 2 heteroatoms. The summed E-state index contributed by atoms with van der Waals surface area (Å²) in [4.78, 5) is 10.8. The molecule has 0 aromatic rings. The van der Waals surface area contributed by atoms with Gasteiger partial charge in [-0.2, -0.15) is 0 Å². The first-order chi connectivity index (χ1) is 4.76. The molecule has 0 fully saturated rings. The molecule has 0 spiro atoms. The molecule has 0 saturated carbocycles. The van der Waals surface area contributed by atoms with Gasteiger partial charge >= 0.3 is 5.97 Å². The lowest BCUT2D eigenvalue weighted by Crippen LogP contribution is -2.03. The second-order valence-electron chi connectivity index (χ2n) is 1.98. The maximum atomic E-state index is 10.8. The summed E-state index contributed by atoms with van der Waals surface area (Å²) in [7, 11) is 1.40. The number of hydrogen-bond donors (Lipinski definition) is 0. The third-order valence-corrected chi connectivity index (χ3v) is 1.28. The molecule has 0 aliphatic heterocycles. The molecular formula is C8H14O2. The van der Waals surface area contributed by atoms with Crippen LogP contribution in [0.2, 0.25) is 0 Å². The van der Waals surface area contributed by atoms with E-state index in [1.165, 1.54) is 7.11 Å². The maximum absolute atomic E-state index is 10.8. The molecule has 10 heavy (non-hydrogen) atoms. The van der Waals surface area contributed by atoms with Gasteiger partial charge in [0.25, 0.3) is 0 Å². The van der Waals surface area contributed by atoms with Crippen molar-refractivity contribution in [3.63, 3.8) is 0 Å². The highest BCUT2D eigenvalue weighted by molar-refractivity contribution is 5.88. The predicted molar refractivity (Wildman–Crippen MR) is 40.7 cm³/mol. The van der Waals surface area contributed by atoms with Crippen molar-refractivity contribution >= 4 is 5.97 Å². The molecule has 0 radical (unpaired) electrons. The molecule has 0 unspecified atom stereocenters. The number of carbonyl (C=O) groups excluding carboxylic acids is 1. The van der Waals surface area contributed by atoms with Crippen LogP contribution in [0.4, 0.5) is 0 Å². The molecule has 0 aliphatic carbocycles. The highest BCUT2D eigenvalue weighted by Gasteiger charge is 2.04. The van der Waals surface area contributed by atoms with Crippen LogP contribution < -0.4 is 0 Å². The van der Waals surface area contributed by atoms with Crippen molar-refractivity contribution in [3.05, 3.63) is 11.6 Å². The molecule has 0 aliphatic rings. The van der Waals surface area contributed by atoms with E-state index in [1.807, 2.05) is 19.9 Å². The van der Waals surface area contributed by atoms with E-state index in [9.17, 15) is 4.79 Å². The Hall–Kier alpha value is -0.790. The number of ether oxygens (including phenoxy) is 1. The molecule has 58 valence electrons. The quantitative estimate of drug-likeness (QED) is 0.444. The topological polar surface area (TPSA) is 26.3 Å². The number of hydrogen-bond acceptors (Lipinski definition) is 2. The van der Waals surface area contributed by atoms with Gasteiger partial charge in [-0.25, -0.2) is 4.79 Å². The minimum Gasteiger partial charge on any atom is -0.466 e. The highest BCUT2D eigenvalue weighted by Crippen LogP contribution is 2.03. The van der Waals surface area contributed by atoms with Crippen molar-refractivity contribution in [1.82, 2.24) is 0 Å². The van der Waals surface area contributed by atoms with Crippen molar-refractivity contribution in [2.75, 3.05) is 7.11 Å². The predicted octanol–water partition coefficient (Wildman–Crippen LogP) is 1.91. The summed E-state index contributed by atoms with van der Waals surface area (Å²) >= 11 is 0. The minimum absolute atomic E-state index is 0.204. The van der Waals surface area contributed by atoms with Gasteiger partial charge in [-0.15, -0.1) is 0 Å². The molecule has 0 N–H and O–H groups in total. The molecular weight excluding hydrogens is 128 g/mol. The number of esters is 1. The third kappa shape index (κ3) is 2.67. The molecule has 0 aromatic carbocycles. The average Bonchev–Trinajstić information content (AvgIpc) is 1.99. The first kappa shape index (κ1) is 9.21. The van der Waals surface area contributed by atoms with Crippen molar-refractivity contribution < 1.29 is 9.53 Å². The Bertz CT molecular complexity index is 136. The van der Waals surface area contributed by atoms with E-state index in [2.05, 4.69) is 4.74 Å². The summed E-state index contributed by atoms with van der Waals surface area (Å²) in [6.45, 7) is 3.94. The lowest BCUT2D eigenvalue weighted by Gasteiger charge is -1.99. The Balaban J connectivity index is 4.06. The lowest BCUT2D eigenvalue weighted by atomic mass is 10.2. The van der Waals surface area contributed by atoms with Gasteiger partial charge in [-0.3, -0.25) is 0 Å². The SMILES string of the molecule is CCC=C(CC)C(=O)OC. The molecule has 0 heterocycles. The van der Waals surface area contributed by atoms with Gasteiger partial charge in [0, 0.05) is 5.57 Å². The van der Waals surface area contributed by atoms with Crippen LogP contribution in [0.15, 0.2) is 11.6 Å². The summed E-state index contributed by atoms with van der Waals surface area (Å²) in [5.74, 6) is -0.204. The van der Waals surface area contributed by atoms with E-state index in [4.69, 9.17) is 0 Å². The zero-order valence-corrected chi connectivity index (χ0v) is 6.81. The average molecular weight is 142 g/mol. The van der Waals surface area contributed by atoms with Gasteiger partial charge in [0.05, 0.1) is 7.11 Å². The maximum Gasteiger partial charge on any atom is 0.333 e. The second-order valence-corrected chi connectivity index (χ2v) is 1.98. The van der Waals surface area contributed by atoms with E-state index in [-0.39, 0.29) is 5.97 Å². The monoisotopic (exact) mass is 142 g/mol. The van der Waals surface area contributed by atoms with Gasteiger partial charge < -0.3 is 4.74 Å². The summed E-state index contributed by atoms with van der Waals surface area (Å²) in [6, 6.07) is 0. The standard InChI is InChI=1S/C8H14O2/c1-4-6-7(5-2)8(9)10-3/h6H,4-5H2,1-3H3. The summed E-state index contributed by atoms with van der Waals surface area (Å²) in [6.07, 6.45) is 3.53. The fourth-order valence-electron chi connectivity index (χ4n) is 0.750. The van der Waals surface area contributed by atoms with Crippen molar-refractivity contribution in [3.8, 4) is 0 Å². The molecule has 2 nitrogen and oxygen atoms in total. The van der Waals surface area contributed by atoms with E-state index in [0.29, 0.717) is 0 Å². The van der Waals surface area contributed by atoms with E-state index < -0.39 is 0 Å². The van der Waals surface area contributed by atoms with E-state index >= 15 is 0 Å². The third-order valence-electron chi connectivity index (χ3n) is 1.28. The van der Waals surface area contributed by atoms with Crippen LogP contribution in [0.5, 0.6) is 0 Å². The fraction of sp³-hybridized carbons (Fsp3) is 0.625. The van der Waals surface area contributed by atoms with Crippen LogP contribution in [-0.2, 0) is 9.53 Å². The van der Waals surface area contributed by atoms with Crippen LogP contribution in [0, 0.1) is 0 Å². The van der Waals surface area contributed by atoms with Crippen LogP contribution in [-0.4, -0.2) is 13.1 Å². The van der Waals surface area contributed by atoms with Crippen LogP contribution in [0.3, 0.4) is 0 Å². The number of carbonyl (C=O) groups is 1. The Labute approximate surface area is 61.9 Å². The van der Waals surface area contributed by atoms with Crippen LogP contribution in [0.1, 0.15) is 26.7 Å². The van der Waals surface area contributed by atoms with Crippen LogP contribution in [0.25, 0.3) is 0 Å². The smallest absolute Gasteiger partial charge is 0.333 e. The second kappa shape index (κ2) is 5.03. The Kier molecular flexibility index (Phi) is 4.63. The largest absolute Gasteiger partial charge is 0.466 e. The molecule has 0 aromatic heterocycles. The van der Waals surface area contributed by atoms with Gasteiger partial charge in [-0.05, 0) is 12.8 Å². The number of rotatable bonds is 3. The van der Waals surface area contributed by atoms with E-state index in [0.717, 1.165) is 18.4 Å².